The predicted octanol–water partition coefficient (Wildman–Crippen LogP) is 5.43. The normalized spacial score (nSPS) is 47.4. The maximum Gasteiger partial charge on any atom is 0.303 e. The van der Waals surface area contributed by atoms with Crippen molar-refractivity contribution in [1.82, 2.24) is 0 Å². The van der Waals surface area contributed by atoms with Crippen LogP contribution in [0, 0.1) is 40.4 Å². The summed E-state index contributed by atoms with van der Waals surface area (Å²) >= 11 is 0. The molecule has 4 aliphatic rings. The van der Waals surface area contributed by atoms with Crippen molar-refractivity contribution in [2.24, 2.45) is 40.4 Å². The molecular weight excluding hydrogens is 336 g/mol. The monoisotopic (exact) mass is 374 g/mol. The lowest BCUT2D eigenvalue weighted by atomic mass is 9.47. The first-order chi connectivity index (χ1) is 12.8. The van der Waals surface area contributed by atoms with E-state index < -0.39 is 5.97 Å². The molecule has 0 aliphatic heterocycles. The molecule has 3 heteroatoms. The van der Waals surface area contributed by atoms with Crippen LogP contribution in [0.25, 0.3) is 0 Å². The van der Waals surface area contributed by atoms with Gasteiger partial charge in [0.15, 0.2) is 0 Å². The van der Waals surface area contributed by atoms with Crippen LogP contribution in [0.1, 0.15) is 85.0 Å². The van der Waals surface area contributed by atoms with Crippen LogP contribution in [-0.4, -0.2) is 22.3 Å². The fourth-order valence-electron chi connectivity index (χ4n) is 8.17. The van der Waals surface area contributed by atoms with Crippen LogP contribution < -0.4 is 0 Å². The second-order valence-electron chi connectivity index (χ2n) is 10.8. The van der Waals surface area contributed by atoms with Gasteiger partial charge in [-0.05, 0) is 98.2 Å². The van der Waals surface area contributed by atoms with E-state index >= 15 is 0 Å². The number of carbonyl (C=O) groups is 1. The molecule has 0 aromatic carbocycles. The molecule has 0 aromatic rings. The highest BCUT2D eigenvalue weighted by atomic mass is 16.4. The molecule has 3 nitrogen and oxygen atoms in total. The van der Waals surface area contributed by atoms with Gasteiger partial charge in [-0.1, -0.05) is 32.4 Å². The first-order valence-electron chi connectivity index (χ1n) is 11.3. The van der Waals surface area contributed by atoms with Gasteiger partial charge < -0.3 is 10.2 Å². The van der Waals surface area contributed by atoms with E-state index in [-0.39, 0.29) is 6.10 Å². The number of hydrogen-bond donors (Lipinski definition) is 2. The minimum atomic E-state index is -0.650. The van der Waals surface area contributed by atoms with Gasteiger partial charge in [-0.3, -0.25) is 4.79 Å². The molecule has 0 spiro atoms. The van der Waals surface area contributed by atoms with E-state index in [9.17, 15) is 9.90 Å². The zero-order valence-corrected chi connectivity index (χ0v) is 17.4. The van der Waals surface area contributed by atoms with Crippen molar-refractivity contribution < 1.29 is 15.0 Å². The Morgan fingerprint density at radius 2 is 1.96 bits per heavy atom. The first-order valence-corrected chi connectivity index (χ1v) is 11.3. The van der Waals surface area contributed by atoms with Crippen LogP contribution >= 0.6 is 0 Å². The summed E-state index contributed by atoms with van der Waals surface area (Å²) in [6, 6.07) is 0. The fraction of sp³-hybridized carbons (Fsp3) is 0.875. The molecule has 0 saturated heterocycles. The van der Waals surface area contributed by atoms with Crippen LogP contribution in [-0.2, 0) is 4.79 Å². The molecule has 3 unspecified atom stereocenters. The average molecular weight is 375 g/mol. The predicted molar refractivity (Wildman–Crippen MR) is 107 cm³/mol. The van der Waals surface area contributed by atoms with Gasteiger partial charge in [0, 0.05) is 6.42 Å². The van der Waals surface area contributed by atoms with Gasteiger partial charge in [-0.2, -0.15) is 0 Å². The molecule has 0 aromatic heterocycles. The molecule has 0 bridgehead atoms. The van der Waals surface area contributed by atoms with Gasteiger partial charge in [-0.25, -0.2) is 0 Å². The maximum absolute atomic E-state index is 11.0. The lowest BCUT2D eigenvalue weighted by molar-refractivity contribution is -0.137. The Bertz CT molecular complexity index is 625. The highest BCUT2D eigenvalue weighted by Crippen LogP contribution is 2.67. The number of carboxylic acids is 1. The van der Waals surface area contributed by atoms with E-state index in [2.05, 4.69) is 26.8 Å². The Morgan fingerprint density at radius 3 is 2.70 bits per heavy atom. The smallest absolute Gasteiger partial charge is 0.303 e. The first kappa shape index (κ1) is 19.5. The minimum Gasteiger partial charge on any atom is -0.481 e. The zero-order chi connectivity index (χ0) is 19.4. The van der Waals surface area contributed by atoms with Crippen LogP contribution in [0.4, 0.5) is 0 Å². The van der Waals surface area contributed by atoms with E-state index in [0.717, 1.165) is 43.4 Å². The summed E-state index contributed by atoms with van der Waals surface area (Å²) in [5, 5.41) is 19.2. The molecule has 27 heavy (non-hydrogen) atoms. The molecular formula is C24H38O3. The van der Waals surface area contributed by atoms with E-state index in [1.54, 1.807) is 5.57 Å². The van der Waals surface area contributed by atoms with Crippen LogP contribution in [0.3, 0.4) is 0 Å². The summed E-state index contributed by atoms with van der Waals surface area (Å²) in [6.45, 7) is 7.33. The van der Waals surface area contributed by atoms with Crippen LogP contribution in [0.2, 0.25) is 0 Å². The van der Waals surface area contributed by atoms with E-state index in [1.165, 1.54) is 32.1 Å². The maximum atomic E-state index is 11.0. The molecule has 3 fully saturated rings. The van der Waals surface area contributed by atoms with Gasteiger partial charge >= 0.3 is 5.97 Å². The SMILES string of the molecule is C[C@H](CCC(=O)O)[C@H]1CCC2C3CC=C4C[C@@H](O)CC[C@]4(C)C3CC[C@@]21C. The van der Waals surface area contributed by atoms with Gasteiger partial charge in [0.1, 0.15) is 0 Å². The van der Waals surface area contributed by atoms with Crippen molar-refractivity contribution in [3.8, 4) is 0 Å². The quantitative estimate of drug-likeness (QED) is 0.645. The second kappa shape index (κ2) is 6.90. The topological polar surface area (TPSA) is 57.5 Å². The largest absolute Gasteiger partial charge is 0.481 e. The Morgan fingerprint density at radius 1 is 1.19 bits per heavy atom. The average Bonchev–Trinajstić information content (AvgIpc) is 2.97. The summed E-state index contributed by atoms with van der Waals surface area (Å²) in [6.07, 6.45) is 13.0. The van der Waals surface area contributed by atoms with Crippen molar-refractivity contribution >= 4 is 5.97 Å². The van der Waals surface area contributed by atoms with Crippen LogP contribution in [0.5, 0.6) is 0 Å². The van der Waals surface area contributed by atoms with E-state index in [4.69, 9.17) is 5.11 Å². The van der Waals surface area contributed by atoms with Gasteiger partial charge in [-0.15, -0.1) is 0 Å². The third-order valence-corrected chi connectivity index (χ3v) is 9.65. The van der Waals surface area contributed by atoms with Gasteiger partial charge in [0.05, 0.1) is 6.10 Å². The Labute approximate surface area is 164 Å². The van der Waals surface area contributed by atoms with Crippen molar-refractivity contribution in [2.75, 3.05) is 0 Å². The lowest BCUT2D eigenvalue weighted by Crippen LogP contribution is -2.50. The molecule has 2 N–H and O–H groups in total. The van der Waals surface area contributed by atoms with Crippen LogP contribution in [0.15, 0.2) is 11.6 Å². The Balaban J connectivity index is 1.54. The van der Waals surface area contributed by atoms with Crippen molar-refractivity contribution in [3.05, 3.63) is 11.6 Å². The molecule has 3 saturated carbocycles. The number of aliphatic carboxylic acids is 1. The number of carboxylic acid groups (broad SMARTS) is 1. The molecule has 4 aliphatic carbocycles. The summed E-state index contributed by atoms with van der Waals surface area (Å²) in [4.78, 5) is 11.0. The minimum absolute atomic E-state index is 0.124. The standard InChI is InChI=1S/C24H38O3/c1-15(4-9-22(26)27)19-7-8-20-18-6-5-16-14-17(25)10-12-23(16,2)21(18)11-13-24(19,20)3/h5,15,17-21,25H,4,6-14H2,1-3H3,(H,26,27)/t15-,17+,18?,19-,20?,21?,23+,24-/m1/s1. The molecule has 4 rings (SSSR count). The Hall–Kier alpha value is -0.830. The highest BCUT2D eigenvalue weighted by Gasteiger charge is 2.59. The number of hydrogen-bond acceptors (Lipinski definition) is 2. The third-order valence-electron chi connectivity index (χ3n) is 9.65. The van der Waals surface area contributed by atoms with E-state index in [0.29, 0.717) is 29.1 Å². The highest BCUT2D eigenvalue weighted by molar-refractivity contribution is 5.66. The summed E-state index contributed by atoms with van der Waals surface area (Å²) in [5.74, 6) is 2.94. The van der Waals surface area contributed by atoms with Crippen molar-refractivity contribution in [2.45, 2.75) is 91.1 Å². The third kappa shape index (κ3) is 3.09. The van der Waals surface area contributed by atoms with Crippen molar-refractivity contribution in [1.29, 1.82) is 0 Å². The molecule has 0 heterocycles. The summed E-state index contributed by atoms with van der Waals surface area (Å²) < 4.78 is 0. The molecule has 0 amide bonds. The lowest BCUT2D eigenvalue weighted by Gasteiger charge is -2.58. The van der Waals surface area contributed by atoms with E-state index in [1.807, 2.05) is 0 Å². The Kier molecular flexibility index (Phi) is 4.98. The molecule has 0 radical (unpaired) electrons. The van der Waals surface area contributed by atoms with Gasteiger partial charge in [0.25, 0.3) is 0 Å². The fourth-order valence-corrected chi connectivity index (χ4v) is 8.17. The number of allylic oxidation sites excluding steroid dienone is 1. The zero-order valence-electron chi connectivity index (χ0n) is 17.4. The summed E-state index contributed by atoms with van der Waals surface area (Å²) in [5.41, 5.74) is 2.27. The number of aliphatic hydroxyl groups excluding tert-OH is 1. The second-order valence-corrected chi connectivity index (χ2v) is 10.8. The number of aliphatic hydroxyl groups is 1. The molecule has 8 atom stereocenters. The van der Waals surface area contributed by atoms with Crippen molar-refractivity contribution in [3.63, 3.8) is 0 Å². The van der Waals surface area contributed by atoms with Gasteiger partial charge in [0.2, 0.25) is 0 Å². The summed E-state index contributed by atoms with van der Waals surface area (Å²) in [7, 11) is 0. The number of rotatable bonds is 4. The molecule has 152 valence electrons. The number of fused-ring (bicyclic) bond motifs is 5.